The first-order valence-corrected chi connectivity index (χ1v) is 6.66. The summed E-state index contributed by atoms with van der Waals surface area (Å²) in [6.45, 7) is 3.23. The lowest BCUT2D eigenvalue weighted by Crippen LogP contribution is -2.30. The summed E-state index contributed by atoms with van der Waals surface area (Å²) in [5, 5.41) is 4.37. The maximum Gasteiger partial charge on any atom is 0.123 e. The summed E-state index contributed by atoms with van der Waals surface area (Å²) in [6.07, 6.45) is 2.01. The highest BCUT2D eigenvalue weighted by atomic mass is 19.1. The smallest absolute Gasteiger partial charge is 0.123 e. The molecule has 1 atom stereocenters. The van der Waals surface area contributed by atoms with Gasteiger partial charge >= 0.3 is 0 Å². The zero-order valence-electron chi connectivity index (χ0n) is 12.2. The van der Waals surface area contributed by atoms with Crippen LogP contribution in [0.4, 0.5) is 4.39 Å². The molecule has 1 unspecified atom stereocenters. The minimum absolute atomic E-state index is 0.105. The molecule has 0 aliphatic rings. The van der Waals surface area contributed by atoms with Gasteiger partial charge in [0.25, 0.3) is 0 Å². The fraction of sp³-hybridized carbons (Fsp3) is 0.400. The Balaban J connectivity index is 2.15. The lowest BCUT2D eigenvalue weighted by atomic mass is 10.1. The van der Waals surface area contributed by atoms with E-state index in [9.17, 15) is 4.39 Å². The third-order valence-corrected chi connectivity index (χ3v) is 3.51. The van der Waals surface area contributed by atoms with Crippen molar-refractivity contribution in [2.75, 3.05) is 13.6 Å². The van der Waals surface area contributed by atoms with Crippen LogP contribution in [-0.2, 0) is 13.6 Å². The molecule has 108 valence electrons. The van der Waals surface area contributed by atoms with Gasteiger partial charge in [-0.25, -0.2) is 4.39 Å². The van der Waals surface area contributed by atoms with Gasteiger partial charge in [0.05, 0.1) is 11.7 Å². The Hall–Kier alpha value is -1.72. The van der Waals surface area contributed by atoms with Crippen molar-refractivity contribution in [3.05, 3.63) is 53.1 Å². The number of nitrogens with two attached hydrogens (primary N) is 1. The number of halogens is 1. The lowest BCUT2D eigenvalue weighted by molar-refractivity contribution is 0.241. The van der Waals surface area contributed by atoms with Gasteiger partial charge in [-0.3, -0.25) is 9.58 Å². The van der Waals surface area contributed by atoms with E-state index >= 15 is 0 Å². The molecule has 0 aliphatic carbocycles. The van der Waals surface area contributed by atoms with Gasteiger partial charge in [-0.15, -0.1) is 0 Å². The fourth-order valence-corrected chi connectivity index (χ4v) is 2.48. The Morgan fingerprint density at radius 3 is 2.50 bits per heavy atom. The molecule has 0 amide bonds. The first kappa shape index (κ1) is 14.7. The van der Waals surface area contributed by atoms with Crippen molar-refractivity contribution >= 4 is 0 Å². The molecule has 0 saturated heterocycles. The van der Waals surface area contributed by atoms with Crippen molar-refractivity contribution < 1.29 is 4.39 Å². The number of likely N-dealkylation sites (N-methyl/N-ethyl adjacent to an activating group) is 1. The maximum absolute atomic E-state index is 12.9. The minimum atomic E-state index is -0.213. The highest BCUT2D eigenvalue weighted by Crippen LogP contribution is 2.22. The molecule has 20 heavy (non-hydrogen) atoms. The molecule has 4 nitrogen and oxygen atoms in total. The first-order chi connectivity index (χ1) is 9.51. The van der Waals surface area contributed by atoms with Gasteiger partial charge in [0.2, 0.25) is 0 Å². The summed E-state index contributed by atoms with van der Waals surface area (Å²) in [5.74, 6) is -0.213. The van der Waals surface area contributed by atoms with E-state index in [1.165, 1.54) is 12.1 Å². The van der Waals surface area contributed by atoms with Crippen molar-refractivity contribution in [3.8, 4) is 0 Å². The highest BCUT2D eigenvalue weighted by molar-refractivity contribution is 5.22. The number of rotatable bonds is 5. The predicted molar refractivity (Wildman–Crippen MR) is 77.6 cm³/mol. The van der Waals surface area contributed by atoms with Gasteiger partial charge in [-0.05, 0) is 31.7 Å². The Labute approximate surface area is 119 Å². The van der Waals surface area contributed by atoms with Crippen LogP contribution in [-0.4, -0.2) is 28.3 Å². The summed E-state index contributed by atoms with van der Waals surface area (Å²) in [5.41, 5.74) is 9.12. The van der Waals surface area contributed by atoms with Crippen molar-refractivity contribution in [2.24, 2.45) is 12.8 Å². The number of nitrogens with zero attached hydrogens (tertiary/aromatic N) is 3. The predicted octanol–water partition coefficient (Wildman–Crippen LogP) is 2.00. The van der Waals surface area contributed by atoms with Crippen LogP contribution >= 0.6 is 0 Å². The summed E-state index contributed by atoms with van der Waals surface area (Å²) >= 11 is 0. The summed E-state index contributed by atoms with van der Waals surface area (Å²) < 4.78 is 14.7. The third kappa shape index (κ3) is 3.23. The standard InChI is InChI=1S/C15H21FN4/c1-11-14(10-20(3)18-11)15(8-17)19(2)9-12-4-6-13(16)7-5-12/h4-7,10,15H,8-9,17H2,1-3H3. The van der Waals surface area contributed by atoms with Gasteiger partial charge in [-0.2, -0.15) is 5.10 Å². The topological polar surface area (TPSA) is 47.1 Å². The molecule has 2 aromatic rings. The molecule has 1 aromatic carbocycles. The SMILES string of the molecule is Cc1nn(C)cc1C(CN)N(C)Cc1ccc(F)cc1. The van der Waals surface area contributed by atoms with Crippen LogP contribution in [0.5, 0.6) is 0 Å². The van der Waals surface area contributed by atoms with E-state index in [4.69, 9.17) is 5.73 Å². The van der Waals surface area contributed by atoms with Crippen molar-refractivity contribution in [1.29, 1.82) is 0 Å². The van der Waals surface area contributed by atoms with E-state index in [-0.39, 0.29) is 11.9 Å². The van der Waals surface area contributed by atoms with Crippen LogP contribution < -0.4 is 5.73 Å². The molecule has 0 bridgehead atoms. The second kappa shape index (κ2) is 6.15. The van der Waals surface area contributed by atoms with E-state index in [0.29, 0.717) is 6.54 Å². The van der Waals surface area contributed by atoms with Gasteiger partial charge < -0.3 is 5.73 Å². The van der Waals surface area contributed by atoms with E-state index in [2.05, 4.69) is 10.00 Å². The Kier molecular flexibility index (Phi) is 4.52. The summed E-state index contributed by atoms with van der Waals surface area (Å²) in [4.78, 5) is 2.16. The van der Waals surface area contributed by atoms with Crippen molar-refractivity contribution in [2.45, 2.75) is 19.5 Å². The van der Waals surface area contributed by atoms with E-state index in [1.807, 2.05) is 27.2 Å². The monoisotopic (exact) mass is 276 g/mol. The van der Waals surface area contributed by atoms with Crippen LogP contribution in [0.15, 0.2) is 30.5 Å². The molecule has 0 saturated carbocycles. The molecule has 2 N–H and O–H groups in total. The largest absolute Gasteiger partial charge is 0.329 e. The lowest BCUT2D eigenvalue weighted by Gasteiger charge is -2.26. The van der Waals surface area contributed by atoms with Crippen LogP contribution in [0.25, 0.3) is 0 Å². The third-order valence-electron chi connectivity index (χ3n) is 3.51. The molecule has 0 radical (unpaired) electrons. The van der Waals surface area contributed by atoms with Gasteiger partial charge in [0.15, 0.2) is 0 Å². The number of hydrogen-bond donors (Lipinski definition) is 1. The van der Waals surface area contributed by atoms with Crippen LogP contribution in [0.3, 0.4) is 0 Å². The van der Waals surface area contributed by atoms with Gasteiger partial charge in [-0.1, -0.05) is 12.1 Å². The molecule has 1 aromatic heterocycles. The zero-order valence-corrected chi connectivity index (χ0v) is 12.2. The molecule has 0 fully saturated rings. The number of hydrogen-bond acceptors (Lipinski definition) is 3. The number of aromatic nitrogens is 2. The summed E-state index contributed by atoms with van der Waals surface area (Å²) in [7, 11) is 3.93. The first-order valence-electron chi connectivity index (χ1n) is 6.66. The zero-order chi connectivity index (χ0) is 14.7. The van der Waals surface area contributed by atoms with Crippen LogP contribution in [0.2, 0.25) is 0 Å². The molecular formula is C15H21FN4. The number of benzene rings is 1. The van der Waals surface area contributed by atoms with Crippen molar-refractivity contribution in [3.63, 3.8) is 0 Å². The minimum Gasteiger partial charge on any atom is -0.329 e. The normalized spacial score (nSPS) is 12.9. The van der Waals surface area contributed by atoms with Crippen molar-refractivity contribution in [1.82, 2.24) is 14.7 Å². The van der Waals surface area contributed by atoms with E-state index in [1.54, 1.807) is 16.8 Å². The highest BCUT2D eigenvalue weighted by Gasteiger charge is 2.19. The van der Waals surface area contributed by atoms with E-state index in [0.717, 1.165) is 23.4 Å². The average Bonchev–Trinajstić information content (AvgIpc) is 2.72. The van der Waals surface area contributed by atoms with Crippen LogP contribution in [0, 0.1) is 12.7 Å². The fourth-order valence-electron chi connectivity index (χ4n) is 2.48. The Morgan fingerprint density at radius 2 is 2.00 bits per heavy atom. The molecule has 2 rings (SSSR count). The molecule has 0 spiro atoms. The molecule has 0 aliphatic heterocycles. The summed E-state index contributed by atoms with van der Waals surface area (Å²) in [6, 6.07) is 6.67. The van der Waals surface area contributed by atoms with Gasteiger partial charge in [0.1, 0.15) is 5.82 Å². The molecule has 5 heteroatoms. The Morgan fingerprint density at radius 1 is 1.35 bits per heavy atom. The molecule has 1 heterocycles. The average molecular weight is 276 g/mol. The molecular weight excluding hydrogens is 255 g/mol. The number of aryl methyl sites for hydroxylation is 2. The van der Waals surface area contributed by atoms with Gasteiger partial charge in [0, 0.05) is 31.9 Å². The second-order valence-electron chi connectivity index (χ2n) is 5.14. The van der Waals surface area contributed by atoms with Crippen LogP contribution in [0.1, 0.15) is 22.9 Å². The maximum atomic E-state index is 12.9. The second-order valence-corrected chi connectivity index (χ2v) is 5.14. The van der Waals surface area contributed by atoms with E-state index < -0.39 is 0 Å². The quantitative estimate of drug-likeness (QED) is 0.908. The Bertz CT molecular complexity index is 562.